The molecular formula is C15H18FNO. The normalized spacial score (nSPS) is 27.1. The zero-order chi connectivity index (χ0) is 12.5. The Morgan fingerprint density at radius 1 is 1.17 bits per heavy atom. The first-order valence-electron chi connectivity index (χ1n) is 6.83. The fraction of sp³-hybridized carbons (Fsp3) is 0.533. The summed E-state index contributed by atoms with van der Waals surface area (Å²) in [6, 6.07) is 6.66. The van der Waals surface area contributed by atoms with Gasteiger partial charge in [0, 0.05) is 12.6 Å². The minimum absolute atomic E-state index is 0.121. The number of halogens is 1. The Morgan fingerprint density at radius 2 is 1.94 bits per heavy atom. The van der Waals surface area contributed by atoms with Crippen molar-refractivity contribution in [1.82, 2.24) is 4.90 Å². The number of carbonyl (C=O) groups is 1. The molecular weight excluding hydrogens is 229 g/mol. The van der Waals surface area contributed by atoms with Crippen LogP contribution in [0.15, 0.2) is 24.3 Å². The van der Waals surface area contributed by atoms with Crippen LogP contribution in [0.1, 0.15) is 42.5 Å². The van der Waals surface area contributed by atoms with Crippen LogP contribution in [0, 0.1) is 11.7 Å². The Labute approximate surface area is 107 Å². The van der Waals surface area contributed by atoms with Crippen LogP contribution in [0.2, 0.25) is 0 Å². The van der Waals surface area contributed by atoms with Gasteiger partial charge in [0.25, 0.3) is 5.91 Å². The molecule has 18 heavy (non-hydrogen) atoms. The highest BCUT2D eigenvalue weighted by molar-refractivity contribution is 5.94. The van der Waals surface area contributed by atoms with E-state index in [0.29, 0.717) is 12.0 Å². The number of fused-ring (bicyclic) bond motifs is 1. The molecule has 1 aromatic rings. The number of hydrogen-bond acceptors (Lipinski definition) is 1. The lowest BCUT2D eigenvalue weighted by atomic mass is 9.91. The summed E-state index contributed by atoms with van der Waals surface area (Å²) < 4.78 is 13.7. The maximum absolute atomic E-state index is 13.7. The van der Waals surface area contributed by atoms with Crippen LogP contribution in [0.3, 0.4) is 0 Å². The van der Waals surface area contributed by atoms with Crippen LogP contribution in [0.25, 0.3) is 0 Å². The number of hydrogen-bond donors (Lipinski definition) is 0. The first kappa shape index (κ1) is 11.7. The second kappa shape index (κ2) is 4.71. The number of likely N-dealkylation sites (tertiary alicyclic amines) is 1. The zero-order valence-corrected chi connectivity index (χ0v) is 10.4. The summed E-state index contributed by atoms with van der Waals surface area (Å²) >= 11 is 0. The van der Waals surface area contributed by atoms with Crippen LogP contribution < -0.4 is 0 Å². The van der Waals surface area contributed by atoms with E-state index in [2.05, 4.69) is 0 Å². The van der Waals surface area contributed by atoms with Gasteiger partial charge in [0.1, 0.15) is 5.82 Å². The van der Waals surface area contributed by atoms with Crippen molar-refractivity contribution in [3.63, 3.8) is 0 Å². The third-order valence-corrected chi connectivity index (χ3v) is 4.36. The topological polar surface area (TPSA) is 20.3 Å². The van der Waals surface area contributed by atoms with E-state index >= 15 is 0 Å². The quantitative estimate of drug-likeness (QED) is 0.746. The summed E-state index contributed by atoms with van der Waals surface area (Å²) in [4.78, 5) is 14.4. The highest BCUT2D eigenvalue weighted by Crippen LogP contribution is 2.37. The molecule has 1 saturated heterocycles. The number of carbonyl (C=O) groups excluding carboxylic acids is 1. The molecule has 3 rings (SSSR count). The lowest BCUT2D eigenvalue weighted by Crippen LogP contribution is -2.46. The van der Waals surface area contributed by atoms with Crippen molar-refractivity contribution in [3.05, 3.63) is 35.6 Å². The molecule has 1 aliphatic heterocycles. The predicted octanol–water partition coefficient (Wildman–Crippen LogP) is 3.23. The Hall–Kier alpha value is -1.38. The largest absolute Gasteiger partial charge is 0.335 e. The van der Waals surface area contributed by atoms with Gasteiger partial charge in [-0.15, -0.1) is 0 Å². The molecule has 2 fully saturated rings. The fourth-order valence-electron chi connectivity index (χ4n) is 3.50. The van der Waals surface area contributed by atoms with Gasteiger partial charge in [-0.05, 0) is 43.7 Å². The molecule has 0 radical (unpaired) electrons. The average Bonchev–Trinajstić information content (AvgIpc) is 2.86. The molecule has 0 aromatic heterocycles. The molecule has 2 atom stereocenters. The third kappa shape index (κ3) is 1.92. The van der Waals surface area contributed by atoms with E-state index in [0.717, 1.165) is 19.4 Å². The Bertz CT molecular complexity index is 460. The average molecular weight is 247 g/mol. The minimum atomic E-state index is -0.400. The maximum Gasteiger partial charge on any atom is 0.257 e. The summed E-state index contributed by atoms with van der Waals surface area (Å²) in [6.45, 7) is 0.786. The van der Waals surface area contributed by atoms with Gasteiger partial charge in [0.05, 0.1) is 5.56 Å². The van der Waals surface area contributed by atoms with E-state index in [1.165, 1.54) is 25.3 Å². The molecule has 1 amide bonds. The predicted molar refractivity (Wildman–Crippen MR) is 67.8 cm³/mol. The molecule has 2 nitrogen and oxygen atoms in total. The van der Waals surface area contributed by atoms with Crippen LogP contribution in [-0.2, 0) is 0 Å². The van der Waals surface area contributed by atoms with Gasteiger partial charge in [-0.3, -0.25) is 4.79 Å². The number of benzene rings is 1. The second-order valence-corrected chi connectivity index (χ2v) is 5.38. The van der Waals surface area contributed by atoms with Crippen LogP contribution in [0.4, 0.5) is 4.39 Å². The van der Waals surface area contributed by atoms with Gasteiger partial charge in [0.2, 0.25) is 0 Å². The first-order valence-corrected chi connectivity index (χ1v) is 6.83. The van der Waals surface area contributed by atoms with Gasteiger partial charge in [-0.25, -0.2) is 4.39 Å². The molecule has 1 heterocycles. The second-order valence-electron chi connectivity index (χ2n) is 5.38. The summed E-state index contributed by atoms with van der Waals surface area (Å²) in [5, 5.41) is 0. The monoisotopic (exact) mass is 247 g/mol. The lowest BCUT2D eigenvalue weighted by Gasteiger charge is -2.37. The van der Waals surface area contributed by atoms with E-state index in [1.54, 1.807) is 18.2 Å². The first-order chi connectivity index (χ1) is 8.77. The van der Waals surface area contributed by atoms with Crippen molar-refractivity contribution in [3.8, 4) is 0 Å². The highest BCUT2D eigenvalue weighted by atomic mass is 19.1. The van der Waals surface area contributed by atoms with Gasteiger partial charge < -0.3 is 4.90 Å². The smallest absolute Gasteiger partial charge is 0.257 e. The Morgan fingerprint density at radius 3 is 2.78 bits per heavy atom. The minimum Gasteiger partial charge on any atom is -0.335 e. The van der Waals surface area contributed by atoms with E-state index in [1.807, 2.05) is 4.90 Å². The summed E-state index contributed by atoms with van der Waals surface area (Å²) in [5.74, 6) is 0.127. The van der Waals surface area contributed by atoms with Gasteiger partial charge >= 0.3 is 0 Å². The number of amides is 1. The van der Waals surface area contributed by atoms with E-state index in [-0.39, 0.29) is 11.5 Å². The maximum atomic E-state index is 13.7. The lowest BCUT2D eigenvalue weighted by molar-refractivity contribution is 0.0543. The van der Waals surface area contributed by atoms with E-state index in [4.69, 9.17) is 0 Å². The van der Waals surface area contributed by atoms with Crippen molar-refractivity contribution in [2.45, 2.75) is 38.1 Å². The van der Waals surface area contributed by atoms with Gasteiger partial charge in [0.15, 0.2) is 0 Å². The highest BCUT2D eigenvalue weighted by Gasteiger charge is 2.37. The molecule has 1 aliphatic carbocycles. The number of nitrogens with zero attached hydrogens (tertiary/aromatic N) is 1. The van der Waals surface area contributed by atoms with Gasteiger partial charge in [-0.2, -0.15) is 0 Å². The Kier molecular flexibility index (Phi) is 3.06. The van der Waals surface area contributed by atoms with Crippen LogP contribution >= 0.6 is 0 Å². The molecule has 0 N–H and O–H groups in total. The fourth-order valence-corrected chi connectivity index (χ4v) is 3.50. The number of rotatable bonds is 1. The molecule has 0 bridgehead atoms. The third-order valence-electron chi connectivity index (χ3n) is 4.36. The van der Waals surface area contributed by atoms with Gasteiger partial charge in [-0.1, -0.05) is 18.6 Å². The summed E-state index contributed by atoms with van der Waals surface area (Å²) in [7, 11) is 0. The molecule has 1 aromatic carbocycles. The van der Waals surface area contributed by atoms with Crippen LogP contribution in [0.5, 0.6) is 0 Å². The summed E-state index contributed by atoms with van der Waals surface area (Å²) in [5.41, 5.74) is 0.227. The van der Waals surface area contributed by atoms with Crippen molar-refractivity contribution < 1.29 is 9.18 Å². The standard InChI is InChI=1S/C15H18FNO/c16-13-8-2-1-7-12(13)15(18)17-10-4-6-11-5-3-9-14(11)17/h1-2,7-8,11,14H,3-6,9-10H2. The van der Waals surface area contributed by atoms with Crippen molar-refractivity contribution in [1.29, 1.82) is 0 Å². The molecule has 0 spiro atoms. The SMILES string of the molecule is O=C(c1ccccc1F)N1CCCC2CCCC21. The molecule has 1 saturated carbocycles. The van der Waals surface area contributed by atoms with E-state index in [9.17, 15) is 9.18 Å². The zero-order valence-electron chi connectivity index (χ0n) is 10.4. The van der Waals surface area contributed by atoms with Crippen molar-refractivity contribution in [2.75, 3.05) is 6.54 Å². The van der Waals surface area contributed by atoms with E-state index < -0.39 is 5.82 Å². The van der Waals surface area contributed by atoms with Crippen molar-refractivity contribution >= 4 is 5.91 Å². The Balaban J connectivity index is 1.86. The molecule has 96 valence electrons. The van der Waals surface area contributed by atoms with Crippen molar-refractivity contribution in [2.24, 2.45) is 5.92 Å². The molecule has 2 unspecified atom stereocenters. The molecule has 2 aliphatic rings. The summed E-state index contributed by atoms with van der Waals surface area (Å²) in [6.07, 6.45) is 5.81. The van der Waals surface area contributed by atoms with Crippen LogP contribution in [-0.4, -0.2) is 23.4 Å². The number of piperidine rings is 1. The molecule has 3 heteroatoms.